The number of carbonyl (C=O) groups excluding carboxylic acids is 1. The number of nitrogens with zero attached hydrogens (tertiary/aromatic N) is 1. The Morgan fingerprint density at radius 2 is 1.81 bits per heavy atom. The number of rotatable bonds is 10. The molecule has 0 aromatic rings. The zero-order valence-electron chi connectivity index (χ0n) is 13.0. The molecule has 0 bridgehead atoms. The van der Waals surface area contributed by atoms with Crippen LogP contribution in [0.3, 0.4) is 0 Å². The van der Waals surface area contributed by atoms with Gasteiger partial charge in [-0.05, 0) is 51.3 Å². The molecule has 108 valence electrons. The second kappa shape index (κ2) is 16.5. The molecule has 0 aliphatic carbocycles. The average molecular weight is 315 g/mol. The van der Waals surface area contributed by atoms with Crippen molar-refractivity contribution < 1.29 is 84.0 Å². The monoisotopic (exact) mass is 315 g/mol. The van der Waals surface area contributed by atoms with E-state index in [0.717, 1.165) is 12.8 Å². The molecule has 0 aromatic carbocycles. The molecule has 8 heteroatoms. The molecule has 0 spiro atoms. The van der Waals surface area contributed by atoms with Crippen LogP contribution in [0.1, 0.15) is 45.4 Å². The minimum absolute atomic E-state index is 0. The normalized spacial score (nSPS) is 12.3. The summed E-state index contributed by atoms with van der Waals surface area (Å²) in [6, 6.07) is -1.29. The predicted octanol–water partition coefficient (Wildman–Crippen LogP) is -6.13. The molecule has 0 fully saturated rings. The first kappa shape index (κ1) is 26.1. The van der Waals surface area contributed by atoms with Crippen LogP contribution in [-0.4, -0.2) is 29.0 Å². The molecule has 0 heterocycles. The molecule has 0 saturated heterocycles. The van der Waals surface area contributed by atoms with Gasteiger partial charge >= 0.3 is 65.1 Å². The summed E-state index contributed by atoms with van der Waals surface area (Å²) < 4.78 is 0. The smallest absolute Gasteiger partial charge is 0.862 e. The molecule has 0 rings (SSSR count). The van der Waals surface area contributed by atoms with E-state index in [9.17, 15) is 19.8 Å². The molecule has 0 radical (unpaired) electrons. The van der Waals surface area contributed by atoms with Gasteiger partial charge in [-0.25, -0.2) is 4.79 Å². The number of aliphatic carboxylic acids is 2. The molecule has 21 heavy (non-hydrogen) atoms. The maximum absolute atomic E-state index is 11.4. The van der Waals surface area contributed by atoms with Gasteiger partial charge in [0.15, 0.2) is 0 Å². The molecule has 0 aromatic heterocycles. The van der Waals surface area contributed by atoms with Crippen molar-refractivity contribution in [2.24, 2.45) is 4.99 Å². The van der Waals surface area contributed by atoms with Gasteiger partial charge in [0.05, 0.1) is 0 Å². The van der Waals surface area contributed by atoms with E-state index >= 15 is 0 Å². The fourth-order valence-electron chi connectivity index (χ4n) is 1.44. The minimum atomic E-state index is -1.35. The Bertz CT molecular complexity index is 358. The van der Waals surface area contributed by atoms with Gasteiger partial charge in [-0.1, -0.05) is 12.2 Å². The van der Waals surface area contributed by atoms with Crippen molar-refractivity contribution in [3.63, 3.8) is 0 Å². The van der Waals surface area contributed by atoms with Crippen molar-refractivity contribution >= 4 is 17.8 Å². The van der Waals surface area contributed by atoms with Crippen molar-refractivity contribution in [2.75, 3.05) is 0 Å². The molecule has 0 unspecified atom stereocenters. The number of carboxylic acids is 2. The Morgan fingerprint density at radius 1 is 1.19 bits per heavy atom. The molecule has 6 nitrogen and oxygen atoms in total. The Labute approximate surface area is 169 Å². The first-order chi connectivity index (χ1) is 8.97. The fourth-order valence-corrected chi connectivity index (χ4v) is 1.44. The van der Waals surface area contributed by atoms with E-state index in [1.54, 1.807) is 0 Å². The van der Waals surface area contributed by atoms with Gasteiger partial charge in [0, 0.05) is 5.97 Å². The van der Waals surface area contributed by atoms with Crippen LogP contribution >= 0.6 is 0 Å². The van der Waals surface area contributed by atoms with Crippen molar-refractivity contribution in [2.45, 2.75) is 51.5 Å². The van der Waals surface area contributed by atoms with E-state index in [4.69, 9.17) is 5.11 Å². The minimum Gasteiger partial charge on any atom is -0.862 e. The van der Waals surface area contributed by atoms with E-state index in [1.165, 1.54) is 0 Å². The van der Waals surface area contributed by atoms with Crippen molar-refractivity contribution in [3.05, 3.63) is 12.2 Å². The van der Waals surface area contributed by atoms with Crippen LogP contribution in [0.5, 0.6) is 0 Å². The Morgan fingerprint density at radius 3 is 2.29 bits per heavy atom. The Hall–Kier alpha value is 0.150. The van der Waals surface area contributed by atoms with Crippen LogP contribution < -0.4 is 69.3 Å². The van der Waals surface area contributed by atoms with Gasteiger partial charge in [0.2, 0.25) is 0 Å². The Kier molecular flexibility index (Phi) is 20.5. The second-order valence-corrected chi connectivity index (χ2v) is 4.10. The first-order valence-corrected chi connectivity index (χ1v) is 6.24. The topological polar surface area (TPSA) is 113 Å². The van der Waals surface area contributed by atoms with E-state index < -0.39 is 30.3 Å². The van der Waals surface area contributed by atoms with Crippen LogP contribution in [0.4, 0.5) is 0 Å². The SMILES string of the molecule is C/C=C/CCCCC([O-])=N[C@@H](CCC(=O)[O-])C(=O)O.[Na+].[Na+]. The molecule has 0 aliphatic rings. The predicted molar refractivity (Wildman–Crippen MR) is 66.4 cm³/mol. The summed E-state index contributed by atoms with van der Waals surface area (Å²) in [4.78, 5) is 24.6. The quantitative estimate of drug-likeness (QED) is 0.142. The van der Waals surface area contributed by atoms with Gasteiger partial charge in [0.25, 0.3) is 0 Å². The zero-order chi connectivity index (χ0) is 14.7. The van der Waals surface area contributed by atoms with Crippen LogP contribution in [-0.2, 0) is 9.59 Å². The van der Waals surface area contributed by atoms with E-state index in [0.29, 0.717) is 6.42 Å². The van der Waals surface area contributed by atoms with Gasteiger partial charge in [-0.2, -0.15) is 0 Å². The second-order valence-electron chi connectivity index (χ2n) is 4.10. The maximum Gasteiger partial charge on any atom is 1.00 e. The van der Waals surface area contributed by atoms with Crippen LogP contribution in [0.15, 0.2) is 17.1 Å². The standard InChI is InChI=1S/C13H21NO5.2Na/c1-2-3-4-5-6-7-11(15)14-10(13(18)19)8-9-12(16)17;;/h2-3,10H,4-9H2,1H3,(H,14,15)(H,16,17)(H,18,19);;/q;2*+1/p-2/b3-2+;;/t10-;;/m0../s1. The van der Waals surface area contributed by atoms with Crippen LogP contribution in [0, 0.1) is 0 Å². The summed E-state index contributed by atoms with van der Waals surface area (Å²) in [6.07, 6.45) is 5.80. The number of hydrogen-bond acceptors (Lipinski definition) is 5. The fraction of sp³-hybridized carbons (Fsp3) is 0.615. The van der Waals surface area contributed by atoms with E-state index in [1.807, 2.05) is 19.1 Å². The molecular formula is C13H19NNa2O5. The largest absolute Gasteiger partial charge is 1.00 e. The van der Waals surface area contributed by atoms with Crippen LogP contribution in [0.2, 0.25) is 0 Å². The molecular weight excluding hydrogens is 296 g/mol. The number of unbranched alkanes of at least 4 members (excludes halogenated alkanes) is 2. The van der Waals surface area contributed by atoms with Crippen molar-refractivity contribution in [1.82, 2.24) is 0 Å². The van der Waals surface area contributed by atoms with Gasteiger partial charge in [-0.15, -0.1) is 0 Å². The molecule has 1 atom stereocenters. The summed E-state index contributed by atoms with van der Waals surface area (Å²) >= 11 is 0. The molecule has 0 saturated carbocycles. The molecule has 1 N–H and O–H groups in total. The first-order valence-electron chi connectivity index (χ1n) is 6.24. The van der Waals surface area contributed by atoms with Crippen molar-refractivity contribution in [3.8, 4) is 0 Å². The van der Waals surface area contributed by atoms with E-state index in [-0.39, 0.29) is 72.0 Å². The summed E-state index contributed by atoms with van der Waals surface area (Å²) in [5.41, 5.74) is 0. The Balaban J connectivity index is -0.00000162. The number of hydrogen-bond donors (Lipinski definition) is 1. The third-order valence-electron chi connectivity index (χ3n) is 2.45. The summed E-state index contributed by atoms with van der Waals surface area (Å²) in [7, 11) is 0. The number of carbonyl (C=O) groups is 2. The van der Waals surface area contributed by atoms with Crippen molar-refractivity contribution in [1.29, 1.82) is 0 Å². The number of allylic oxidation sites excluding steroid dienone is 2. The maximum atomic E-state index is 11.4. The molecule has 0 amide bonds. The third-order valence-corrected chi connectivity index (χ3v) is 2.45. The number of aliphatic imine (C=N–C) groups is 1. The van der Waals surface area contributed by atoms with E-state index in [2.05, 4.69) is 4.99 Å². The van der Waals surface area contributed by atoms with Gasteiger partial charge in [0.1, 0.15) is 6.04 Å². The average Bonchev–Trinajstić information content (AvgIpc) is 2.33. The van der Waals surface area contributed by atoms with Crippen LogP contribution in [0.25, 0.3) is 0 Å². The molecule has 0 aliphatic heterocycles. The third kappa shape index (κ3) is 16.3. The van der Waals surface area contributed by atoms with Gasteiger partial charge < -0.3 is 20.1 Å². The summed E-state index contributed by atoms with van der Waals surface area (Å²) in [5.74, 6) is -3.13. The zero-order valence-corrected chi connectivity index (χ0v) is 17.0. The summed E-state index contributed by atoms with van der Waals surface area (Å²) in [5, 5.41) is 30.5. The summed E-state index contributed by atoms with van der Waals surface area (Å²) in [6.45, 7) is 1.91. The number of carboxylic acid groups (broad SMARTS) is 2. The van der Waals surface area contributed by atoms with Gasteiger partial charge in [-0.3, -0.25) is 4.99 Å².